The summed E-state index contributed by atoms with van der Waals surface area (Å²) in [6, 6.07) is 6.69. The molecular formula is C15H17N3O. The van der Waals surface area contributed by atoms with Gasteiger partial charge >= 0.3 is 0 Å². The number of aromatic nitrogens is 2. The first-order valence-corrected chi connectivity index (χ1v) is 7.01. The molecule has 19 heavy (non-hydrogen) atoms. The molecule has 4 rings (SSSR count). The lowest BCUT2D eigenvalue weighted by atomic mass is 9.80. The SMILES string of the molecule is NC1CC(c2noc(-c3cccc4c3CCC4)n2)C1. The van der Waals surface area contributed by atoms with Crippen LogP contribution in [0, 0.1) is 0 Å². The maximum atomic E-state index is 5.81. The van der Waals surface area contributed by atoms with Gasteiger partial charge in [0.25, 0.3) is 5.89 Å². The Balaban J connectivity index is 1.68. The van der Waals surface area contributed by atoms with Gasteiger partial charge in [0, 0.05) is 17.5 Å². The van der Waals surface area contributed by atoms with Gasteiger partial charge in [0.2, 0.25) is 0 Å². The molecule has 0 radical (unpaired) electrons. The van der Waals surface area contributed by atoms with E-state index in [1.807, 2.05) is 0 Å². The molecule has 0 saturated heterocycles. The Morgan fingerprint density at radius 3 is 2.95 bits per heavy atom. The van der Waals surface area contributed by atoms with Crippen LogP contribution in [0.4, 0.5) is 0 Å². The van der Waals surface area contributed by atoms with E-state index in [2.05, 4.69) is 28.3 Å². The van der Waals surface area contributed by atoms with E-state index in [1.165, 1.54) is 24.0 Å². The zero-order valence-corrected chi connectivity index (χ0v) is 10.8. The number of nitrogens with two attached hydrogens (primary N) is 1. The largest absolute Gasteiger partial charge is 0.334 e. The monoisotopic (exact) mass is 255 g/mol. The second-order valence-electron chi connectivity index (χ2n) is 5.68. The molecule has 0 amide bonds. The summed E-state index contributed by atoms with van der Waals surface area (Å²) in [6.45, 7) is 0. The molecule has 0 spiro atoms. The average molecular weight is 255 g/mol. The first-order valence-electron chi connectivity index (χ1n) is 7.01. The molecule has 2 N–H and O–H groups in total. The zero-order valence-electron chi connectivity index (χ0n) is 10.8. The first-order chi connectivity index (χ1) is 9.31. The Hall–Kier alpha value is -1.68. The number of nitrogens with zero attached hydrogens (tertiary/aromatic N) is 2. The van der Waals surface area contributed by atoms with Crippen LogP contribution >= 0.6 is 0 Å². The van der Waals surface area contributed by atoms with Gasteiger partial charge in [-0.2, -0.15) is 4.98 Å². The molecule has 1 saturated carbocycles. The highest BCUT2D eigenvalue weighted by atomic mass is 16.5. The topological polar surface area (TPSA) is 64.9 Å². The quantitative estimate of drug-likeness (QED) is 0.895. The molecule has 0 atom stereocenters. The predicted octanol–water partition coefficient (Wildman–Crippen LogP) is 2.43. The summed E-state index contributed by atoms with van der Waals surface area (Å²) in [4.78, 5) is 4.58. The lowest BCUT2D eigenvalue weighted by molar-refractivity contribution is 0.323. The minimum atomic E-state index is 0.313. The highest BCUT2D eigenvalue weighted by Crippen LogP contribution is 2.36. The second-order valence-corrected chi connectivity index (χ2v) is 5.68. The summed E-state index contributed by atoms with van der Waals surface area (Å²) in [6.07, 6.45) is 5.47. The van der Waals surface area contributed by atoms with Gasteiger partial charge in [-0.1, -0.05) is 17.3 Å². The number of fused-ring (bicyclic) bond motifs is 1. The van der Waals surface area contributed by atoms with E-state index in [0.29, 0.717) is 17.9 Å². The van der Waals surface area contributed by atoms with Gasteiger partial charge in [0.15, 0.2) is 5.82 Å². The van der Waals surface area contributed by atoms with E-state index in [9.17, 15) is 0 Å². The lowest BCUT2D eigenvalue weighted by Gasteiger charge is -2.29. The van der Waals surface area contributed by atoms with Crippen molar-refractivity contribution in [2.24, 2.45) is 5.73 Å². The second kappa shape index (κ2) is 4.17. The van der Waals surface area contributed by atoms with Crippen molar-refractivity contribution in [2.45, 2.75) is 44.1 Å². The fraction of sp³-hybridized carbons (Fsp3) is 0.467. The Bertz CT molecular complexity index is 614. The number of hydrogen-bond donors (Lipinski definition) is 1. The van der Waals surface area contributed by atoms with Crippen molar-refractivity contribution in [3.05, 3.63) is 35.2 Å². The Kier molecular flexibility index (Phi) is 2.45. The maximum absolute atomic E-state index is 5.81. The van der Waals surface area contributed by atoms with Crippen molar-refractivity contribution in [2.75, 3.05) is 0 Å². The van der Waals surface area contributed by atoms with E-state index >= 15 is 0 Å². The molecule has 4 nitrogen and oxygen atoms in total. The zero-order chi connectivity index (χ0) is 12.8. The van der Waals surface area contributed by atoms with Crippen molar-refractivity contribution in [3.8, 4) is 11.5 Å². The summed E-state index contributed by atoms with van der Waals surface area (Å²) in [5.74, 6) is 1.89. The van der Waals surface area contributed by atoms with Gasteiger partial charge in [-0.15, -0.1) is 0 Å². The number of rotatable bonds is 2. The molecule has 1 aromatic heterocycles. The van der Waals surface area contributed by atoms with Crippen LogP contribution in [0.3, 0.4) is 0 Å². The highest BCUT2D eigenvalue weighted by Gasteiger charge is 2.31. The molecule has 2 aliphatic carbocycles. The molecule has 2 aromatic rings. The number of aryl methyl sites for hydroxylation is 1. The van der Waals surface area contributed by atoms with Crippen LogP contribution in [0.15, 0.2) is 22.7 Å². The Morgan fingerprint density at radius 1 is 1.21 bits per heavy atom. The molecule has 1 aromatic carbocycles. The van der Waals surface area contributed by atoms with Crippen molar-refractivity contribution in [1.82, 2.24) is 10.1 Å². The highest BCUT2D eigenvalue weighted by molar-refractivity contribution is 5.62. The van der Waals surface area contributed by atoms with Crippen molar-refractivity contribution in [1.29, 1.82) is 0 Å². The maximum Gasteiger partial charge on any atom is 0.258 e. The van der Waals surface area contributed by atoms with Crippen LogP contribution in [-0.2, 0) is 12.8 Å². The molecule has 4 heteroatoms. The molecule has 1 fully saturated rings. The van der Waals surface area contributed by atoms with Gasteiger partial charge in [0.05, 0.1) is 0 Å². The van der Waals surface area contributed by atoms with Crippen LogP contribution in [0.1, 0.15) is 42.1 Å². The third-order valence-corrected chi connectivity index (χ3v) is 4.36. The Morgan fingerprint density at radius 2 is 2.11 bits per heavy atom. The van der Waals surface area contributed by atoms with Crippen LogP contribution in [0.25, 0.3) is 11.5 Å². The van der Waals surface area contributed by atoms with E-state index in [1.54, 1.807) is 0 Å². The third kappa shape index (κ3) is 1.78. The molecule has 0 unspecified atom stereocenters. The molecular weight excluding hydrogens is 238 g/mol. The van der Waals surface area contributed by atoms with E-state index in [-0.39, 0.29) is 0 Å². The van der Waals surface area contributed by atoms with Crippen LogP contribution in [0.2, 0.25) is 0 Å². The summed E-state index contributed by atoms with van der Waals surface area (Å²) in [5.41, 5.74) is 9.76. The van der Waals surface area contributed by atoms with Crippen LogP contribution in [-0.4, -0.2) is 16.2 Å². The fourth-order valence-corrected chi connectivity index (χ4v) is 3.20. The Labute approximate surface area is 112 Å². The molecule has 2 aliphatic rings. The number of hydrogen-bond acceptors (Lipinski definition) is 4. The van der Waals surface area contributed by atoms with E-state index in [4.69, 9.17) is 10.3 Å². The molecule has 0 bridgehead atoms. The standard InChI is InChI=1S/C15H17N3O/c16-11-7-10(8-11)14-17-15(19-18-14)13-6-2-4-9-3-1-5-12(9)13/h2,4,6,10-11H,1,3,5,7-8,16H2. The molecule has 98 valence electrons. The first kappa shape index (κ1) is 11.2. The van der Waals surface area contributed by atoms with Gasteiger partial charge in [-0.05, 0) is 49.3 Å². The minimum absolute atomic E-state index is 0.313. The molecule has 0 aliphatic heterocycles. The fourth-order valence-electron chi connectivity index (χ4n) is 3.20. The van der Waals surface area contributed by atoms with Crippen LogP contribution < -0.4 is 5.73 Å². The molecule has 1 heterocycles. The van der Waals surface area contributed by atoms with Crippen molar-refractivity contribution < 1.29 is 4.52 Å². The summed E-state index contributed by atoms with van der Waals surface area (Å²) < 4.78 is 5.47. The van der Waals surface area contributed by atoms with Crippen molar-refractivity contribution in [3.63, 3.8) is 0 Å². The minimum Gasteiger partial charge on any atom is -0.334 e. The van der Waals surface area contributed by atoms with Gasteiger partial charge < -0.3 is 10.3 Å². The normalized spacial score (nSPS) is 25.1. The number of benzene rings is 1. The predicted molar refractivity (Wildman–Crippen MR) is 71.7 cm³/mol. The lowest BCUT2D eigenvalue weighted by Crippen LogP contribution is -2.35. The third-order valence-electron chi connectivity index (χ3n) is 4.36. The van der Waals surface area contributed by atoms with Gasteiger partial charge in [-0.3, -0.25) is 0 Å². The van der Waals surface area contributed by atoms with E-state index < -0.39 is 0 Å². The van der Waals surface area contributed by atoms with Gasteiger partial charge in [-0.25, -0.2) is 0 Å². The van der Waals surface area contributed by atoms with Gasteiger partial charge in [0.1, 0.15) is 0 Å². The smallest absolute Gasteiger partial charge is 0.258 e. The summed E-state index contributed by atoms with van der Waals surface area (Å²) >= 11 is 0. The summed E-state index contributed by atoms with van der Waals surface area (Å²) in [5, 5.41) is 4.13. The van der Waals surface area contributed by atoms with Crippen molar-refractivity contribution >= 4 is 0 Å². The van der Waals surface area contributed by atoms with Crippen LogP contribution in [0.5, 0.6) is 0 Å². The van der Waals surface area contributed by atoms with E-state index in [0.717, 1.165) is 30.7 Å². The summed E-state index contributed by atoms with van der Waals surface area (Å²) in [7, 11) is 0. The average Bonchev–Trinajstić information content (AvgIpc) is 3.03.